The number of rotatable bonds is 8. The zero-order valence-corrected chi connectivity index (χ0v) is 23.8. The van der Waals surface area contributed by atoms with E-state index in [4.69, 9.17) is 32.4 Å². The number of amides is 2. The lowest BCUT2D eigenvalue weighted by molar-refractivity contribution is -0.123. The number of hydrogen-bond acceptors (Lipinski definition) is 9. The molecule has 2 aromatic heterocycles. The van der Waals surface area contributed by atoms with Gasteiger partial charge >= 0.3 is 0 Å². The topological polar surface area (TPSA) is 119 Å². The van der Waals surface area contributed by atoms with Crippen LogP contribution in [0.3, 0.4) is 0 Å². The number of primary amides is 1. The molecule has 0 atom stereocenters. The third kappa shape index (κ3) is 5.41. The molecule has 0 bridgehead atoms. The van der Waals surface area contributed by atoms with E-state index in [1.807, 2.05) is 29.2 Å². The van der Waals surface area contributed by atoms with E-state index < -0.39 is 0 Å². The molecule has 3 aromatic rings. The van der Waals surface area contributed by atoms with Crippen LogP contribution >= 0.6 is 24.0 Å². The molecule has 1 aromatic carbocycles. The number of nitrogens with two attached hydrogens (primary N) is 1. The number of carbonyl (C=O) groups is 2. The Hall–Kier alpha value is -3.90. The van der Waals surface area contributed by atoms with E-state index in [0.717, 1.165) is 5.56 Å². The molecule has 2 fully saturated rings. The zero-order chi connectivity index (χ0) is 28.4. The average Bonchev–Trinajstić information content (AvgIpc) is 3.24. The fraction of sp³-hybridized carbons (Fsp3) is 0.321. The predicted molar refractivity (Wildman–Crippen MR) is 159 cm³/mol. The quantitative estimate of drug-likeness (QED) is 0.317. The van der Waals surface area contributed by atoms with Crippen molar-refractivity contribution in [2.75, 3.05) is 38.8 Å². The molecule has 12 heteroatoms. The molecule has 4 heterocycles. The molecule has 0 unspecified atom stereocenters. The van der Waals surface area contributed by atoms with Crippen molar-refractivity contribution in [1.29, 1.82) is 0 Å². The molecule has 2 aliphatic heterocycles. The molecule has 2 N–H and O–H groups in total. The van der Waals surface area contributed by atoms with Crippen LogP contribution in [0.5, 0.6) is 11.5 Å². The molecule has 0 spiro atoms. The summed E-state index contributed by atoms with van der Waals surface area (Å²) in [7, 11) is 3.15. The van der Waals surface area contributed by atoms with Crippen LogP contribution in [-0.4, -0.2) is 64.3 Å². The lowest BCUT2D eigenvalue weighted by atomic mass is 9.96. The number of pyridine rings is 1. The van der Waals surface area contributed by atoms with E-state index in [0.29, 0.717) is 76.6 Å². The van der Waals surface area contributed by atoms with Crippen LogP contribution < -0.4 is 25.7 Å². The van der Waals surface area contributed by atoms with Crippen LogP contribution in [0.1, 0.15) is 24.0 Å². The Kier molecular flexibility index (Phi) is 8.08. The van der Waals surface area contributed by atoms with Crippen molar-refractivity contribution in [3.8, 4) is 11.5 Å². The summed E-state index contributed by atoms with van der Waals surface area (Å²) < 4.78 is 12.6. The average molecular weight is 580 g/mol. The summed E-state index contributed by atoms with van der Waals surface area (Å²) in [5.41, 5.74) is 7.00. The number of carbonyl (C=O) groups excluding carboxylic acids is 2. The highest BCUT2D eigenvalue weighted by Gasteiger charge is 2.33. The van der Waals surface area contributed by atoms with Crippen molar-refractivity contribution in [3.63, 3.8) is 0 Å². The van der Waals surface area contributed by atoms with Crippen LogP contribution in [0.2, 0.25) is 0 Å². The Morgan fingerprint density at radius 3 is 2.60 bits per heavy atom. The van der Waals surface area contributed by atoms with Crippen LogP contribution in [0.25, 0.3) is 11.7 Å². The number of hydrogen-bond donors (Lipinski definition) is 1. The normalized spacial score (nSPS) is 17.2. The van der Waals surface area contributed by atoms with Crippen LogP contribution in [0.4, 0.5) is 5.82 Å². The number of fused-ring (bicyclic) bond motifs is 1. The highest BCUT2D eigenvalue weighted by Crippen LogP contribution is 2.35. The summed E-state index contributed by atoms with van der Waals surface area (Å²) >= 11 is 6.72. The molecule has 0 aliphatic carbocycles. The molecule has 5 rings (SSSR count). The van der Waals surface area contributed by atoms with Gasteiger partial charge in [0.05, 0.1) is 24.7 Å². The second-order valence-electron chi connectivity index (χ2n) is 9.52. The summed E-state index contributed by atoms with van der Waals surface area (Å²) in [5.74, 6) is 0.944. The fourth-order valence-electron chi connectivity index (χ4n) is 4.94. The van der Waals surface area contributed by atoms with Crippen molar-refractivity contribution in [2.24, 2.45) is 11.7 Å². The number of piperidine rings is 1. The molecule has 40 heavy (non-hydrogen) atoms. The Bertz CT molecular complexity index is 1580. The lowest BCUT2D eigenvalue weighted by Gasteiger charge is -2.32. The van der Waals surface area contributed by atoms with Gasteiger partial charge in [0.1, 0.15) is 15.8 Å². The Morgan fingerprint density at radius 1 is 1.15 bits per heavy atom. The largest absolute Gasteiger partial charge is 0.493 e. The standard InChI is InChI=1S/C28H29N5O5S2/c1-37-20-7-6-17(15-21(20)38-2)8-14-33-27(36)22(40-28(33)39)16-19-25(31-12-9-18(10-13-31)24(29)34)30-23-5-3-4-11-32(23)26(19)35/h3-7,11,15-16,18H,8-10,12-14H2,1-2H3,(H2,29,34). The van der Waals surface area contributed by atoms with Gasteiger partial charge in [0.25, 0.3) is 11.5 Å². The van der Waals surface area contributed by atoms with Crippen LogP contribution in [-0.2, 0) is 16.0 Å². The number of methoxy groups -OCH3 is 2. The number of thioether (sulfide) groups is 1. The molecule has 10 nitrogen and oxygen atoms in total. The summed E-state index contributed by atoms with van der Waals surface area (Å²) in [5, 5.41) is 0. The van der Waals surface area contributed by atoms with Gasteiger partial charge in [0, 0.05) is 31.7 Å². The second kappa shape index (κ2) is 11.7. The van der Waals surface area contributed by atoms with Gasteiger partial charge in [-0.15, -0.1) is 0 Å². The maximum atomic E-state index is 13.6. The Balaban J connectivity index is 1.43. The number of ether oxygens (including phenoxy) is 2. The third-order valence-electron chi connectivity index (χ3n) is 7.17. The SMILES string of the molecule is COc1ccc(CCN2C(=O)C(=Cc3c(N4CCC(C(N)=O)CC4)nc4ccccn4c3=O)SC2=S)cc1OC. The minimum atomic E-state index is -0.317. The number of anilines is 1. The minimum absolute atomic E-state index is 0.205. The maximum Gasteiger partial charge on any atom is 0.267 e. The van der Waals surface area contributed by atoms with E-state index in [1.165, 1.54) is 16.2 Å². The summed E-state index contributed by atoms with van der Waals surface area (Å²) in [4.78, 5) is 47.4. The minimum Gasteiger partial charge on any atom is -0.493 e. The second-order valence-corrected chi connectivity index (χ2v) is 11.2. The number of benzene rings is 1. The fourth-order valence-corrected chi connectivity index (χ4v) is 6.23. The number of thiocarbonyl (C=S) groups is 1. The first kappa shape index (κ1) is 27.7. The first-order chi connectivity index (χ1) is 19.3. The van der Waals surface area contributed by atoms with Crippen LogP contribution in [0, 0.1) is 5.92 Å². The summed E-state index contributed by atoms with van der Waals surface area (Å²) in [6.07, 6.45) is 4.95. The van der Waals surface area contributed by atoms with Gasteiger partial charge in [-0.05, 0) is 55.2 Å². The molecule has 2 saturated heterocycles. The van der Waals surface area contributed by atoms with Gasteiger partial charge in [-0.3, -0.25) is 23.7 Å². The molecular weight excluding hydrogens is 550 g/mol. The highest BCUT2D eigenvalue weighted by atomic mass is 32.2. The molecule has 208 valence electrons. The van der Waals surface area contributed by atoms with Crippen molar-refractivity contribution < 1.29 is 19.1 Å². The van der Waals surface area contributed by atoms with Crippen molar-refractivity contribution in [3.05, 3.63) is 69.0 Å². The van der Waals surface area contributed by atoms with E-state index in [-0.39, 0.29) is 23.3 Å². The van der Waals surface area contributed by atoms with Gasteiger partial charge in [0.15, 0.2) is 11.5 Å². The lowest BCUT2D eigenvalue weighted by Crippen LogP contribution is -2.40. The van der Waals surface area contributed by atoms with Gasteiger partial charge in [-0.1, -0.05) is 36.1 Å². The highest BCUT2D eigenvalue weighted by molar-refractivity contribution is 8.26. The third-order valence-corrected chi connectivity index (χ3v) is 8.54. The first-order valence-corrected chi connectivity index (χ1v) is 14.0. The van der Waals surface area contributed by atoms with Crippen molar-refractivity contribution in [2.45, 2.75) is 19.3 Å². The zero-order valence-electron chi connectivity index (χ0n) is 22.2. The molecule has 2 amide bonds. The van der Waals surface area contributed by atoms with Gasteiger partial charge in [-0.25, -0.2) is 4.98 Å². The maximum absolute atomic E-state index is 13.6. The van der Waals surface area contributed by atoms with Gasteiger partial charge < -0.3 is 20.1 Å². The molecule has 0 saturated carbocycles. The number of aromatic nitrogens is 2. The molecule has 0 radical (unpaired) electrons. The summed E-state index contributed by atoms with van der Waals surface area (Å²) in [6.45, 7) is 1.42. The van der Waals surface area contributed by atoms with E-state index in [9.17, 15) is 14.4 Å². The summed E-state index contributed by atoms with van der Waals surface area (Å²) in [6, 6.07) is 11.0. The number of nitrogens with zero attached hydrogens (tertiary/aromatic N) is 4. The molecular formula is C28H29N5O5S2. The smallest absolute Gasteiger partial charge is 0.267 e. The monoisotopic (exact) mass is 579 g/mol. The predicted octanol–water partition coefficient (Wildman–Crippen LogP) is 2.86. The van der Waals surface area contributed by atoms with Gasteiger partial charge in [-0.2, -0.15) is 0 Å². The Morgan fingerprint density at radius 2 is 1.90 bits per heavy atom. The van der Waals surface area contributed by atoms with Gasteiger partial charge in [0.2, 0.25) is 5.91 Å². The van der Waals surface area contributed by atoms with E-state index in [2.05, 4.69) is 0 Å². The van der Waals surface area contributed by atoms with E-state index >= 15 is 0 Å². The van der Waals surface area contributed by atoms with Crippen LogP contribution in [0.15, 0.2) is 52.3 Å². The Labute approximate surface area is 240 Å². The first-order valence-electron chi connectivity index (χ1n) is 12.8. The van der Waals surface area contributed by atoms with Crippen molar-refractivity contribution in [1.82, 2.24) is 14.3 Å². The molecule has 2 aliphatic rings. The van der Waals surface area contributed by atoms with E-state index in [1.54, 1.807) is 43.5 Å². The van der Waals surface area contributed by atoms with Crippen molar-refractivity contribution >= 4 is 57.7 Å².